The Kier molecular flexibility index (Phi) is 5.20. The molecular weight excluding hydrogens is 248 g/mol. The van der Waals surface area contributed by atoms with Gasteiger partial charge >= 0.3 is 0 Å². The fraction of sp³-hybridized carbons (Fsp3) is 0.471. The Morgan fingerprint density at radius 1 is 1.35 bits per heavy atom. The smallest absolute Gasteiger partial charge is 0.251 e. The molecule has 1 aliphatic carbocycles. The second-order valence-electron chi connectivity index (χ2n) is 5.52. The van der Waals surface area contributed by atoms with Crippen molar-refractivity contribution in [3.05, 3.63) is 35.4 Å². The van der Waals surface area contributed by atoms with Crippen LogP contribution in [0.25, 0.3) is 0 Å². The van der Waals surface area contributed by atoms with Gasteiger partial charge in [-0.15, -0.1) is 0 Å². The number of carbonyl (C=O) groups is 1. The molecule has 1 aromatic rings. The average molecular weight is 270 g/mol. The lowest BCUT2D eigenvalue weighted by atomic mass is 9.87. The first-order valence-electron chi connectivity index (χ1n) is 7.29. The Hall–Kier alpha value is -1.79. The molecule has 0 heterocycles. The second-order valence-corrected chi connectivity index (χ2v) is 5.52. The Balaban J connectivity index is 1.98. The zero-order valence-corrected chi connectivity index (χ0v) is 12.0. The van der Waals surface area contributed by atoms with E-state index < -0.39 is 0 Å². The van der Waals surface area contributed by atoms with Crippen LogP contribution in [0.5, 0.6) is 0 Å². The summed E-state index contributed by atoms with van der Waals surface area (Å²) in [6, 6.07) is 7.72. The van der Waals surface area contributed by atoms with Gasteiger partial charge in [-0.1, -0.05) is 24.8 Å². The highest BCUT2D eigenvalue weighted by Gasteiger charge is 2.20. The van der Waals surface area contributed by atoms with Gasteiger partial charge in [0, 0.05) is 17.2 Å². The van der Waals surface area contributed by atoms with Gasteiger partial charge in [-0.05, 0) is 49.8 Å². The van der Waals surface area contributed by atoms with Crippen molar-refractivity contribution in [2.24, 2.45) is 11.7 Å². The minimum atomic E-state index is 0.000881. The SMILES string of the molecule is CC1CCC(NC(=O)c2cccc(C#CCN)c2)CC1. The van der Waals surface area contributed by atoms with Crippen LogP contribution in [0.4, 0.5) is 0 Å². The molecule has 0 aliphatic heterocycles. The van der Waals surface area contributed by atoms with Crippen LogP contribution in [0.1, 0.15) is 48.5 Å². The number of hydrogen-bond acceptors (Lipinski definition) is 2. The Morgan fingerprint density at radius 2 is 2.10 bits per heavy atom. The van der Waals surface area contributed by atoms with Gasteiger partial charge in [0.05, 0.1) is 6.54 Å². The molecule has 0 spiro atoms. The highest BCUT2D eigenvalue weighted by atomic mass is 16.1. The van der Waals surface area contributed by atoms with Crippen molar-refractivity contribution in [2.75, 3.05) is 6.54 Å². The van der Waals surface area contributed by atoms with Crippen LogP contribution in [0.15, 0.2) is 24.3 Å². The van der Waals surface area contributed by atoms with Gasteiger partial charge in [-0.2, -0.15) is 0 Å². The van der Waals surface area contributed by atoms with Crippen molar-refractivity contribution >= 4 is 5.91 Å². The summed E-state index contributed by atoms with van der Waals surface area (Å²) in [4.78, 5) is 12.2. The summed E-state index contributed by atoms with van der Waals surface area (Å²) in [5.74, 6) is 6.55. The molecule has 0 radical (unpaired) electrons. The summed E-state index contributed by atoms with van der Waals surface area (Å²) < 4.78 is 0. The lowest BCUT2D eigenvalue weighted by molar-refractivity contribution is 0.0923. The molecule has 1 saturated carbocycles. The molecule has 0 saturated heterocycles. The van der Waals surface area contributed by atoms with Crippen molar-refractivity contribution in [1.82, 2.24) is 5.32 Å². The van der Waals surface area contributed by atoms with Gasteiger partial charge in [-0.3, -0.25) is 4.79 Å². The molecule has 3 nitrogen and oxygen atoms in total. The third-order valence-corrected chi connectivity index (χ3v) is 3.81. The van der Waals surface area contributed by atoms with E-state index in [4.69, 9.17) is 5.73 Å². The predicted octanol–water partition coefficient (Wildman–Crippen LogP) is 2.31. The normalized spacial score (nSPS) is 21.7. The maximum absolute atomic E-state index is 12.2. The van der Waals surface area contributed by atoms with E-state index in [1.165, 1.54) is 12.8 Å². The molecule has 20 heavy (non-hydrogen) atoms. The molecule has 2 rings (SSSR count). The number of hydrogen-bond donors (Lipinski definition) is 2. The third kappa shape index (κ3) is 4.11. The van der Waals surface area contributed by atoms with E-state index in [9.17, 15) is 4.79 Å². The average Bonchev–Trinajstić information content (AvgIpc) is 2.48. The van der Waals surface area contributed by atoms with E-state index >= 15 is 0 Å². The molecule has 0 bridgehead atoms. The number of amides is 1. The van der Waals surface area contributed by atoms with Crippen LogP contribution in [-0.4, -0.2) is 18.5 Å². The number of benzene rings is 1. The highest BCUT2D eigenvalue weighted by molar-refractivity contribution is 5.94. The molecule has 1 aliphatic rings. The molecule has 3 heteroatoms. The molecule has 0 aromatic heterocycles. The molecule has 1 aromatic carbocycles. The molecule has 106 valence electrons. The Labute approximate surface area is 120 Å². The van der Waals surface area contributed by atoms with E-state index in [1.807, 2.05) is 24.3 Å². The predicted molar refractivity (Wildman–Crippen MR) is 81.3 cm³/mol. The lowest BCUT2D eigenvalue weighted by Crippen LogP contribution is -2.37. The minimum absolute atomic E-state index is 0.000881. The van der Waals surface area contributed by atoms with E-state index in [2.05, 4.69) is 24.1 Å². The van der Waals surface area contributed by atoms with Crippen LogP contribution >= 0.6 is 0 Å². The molecule has 0 atom stereocenters. The van der Waals surface area contributed by atoms with Crippen molar-refractivity contribution in [1.29, 1.82) is 0 Å². The van der Waals surface area contributed by atoms with Crippen molar-refractivity contribution < 1.29 is 4.79 Å². The van der Waals surface area contributed by atoms with Gasteiger partial charge in [0.15, 0.2) is 0 Å². The fourth-order valence-corrected chi connectivity index (χ4v) is 2.56. The second kappa shape index (κ2) is 7.12. The van der Waals surface area contributed by atoms with Crippen molar-refractivity contribution in [3.63, 3.8) is 0 Å². The Morgan fingerprint density at radius 3 is 2.80 bits per heavy atom. The fourth-order valence-electron chi connectivity index (χ4n) is 2.56. The number of rotatable bonds is 2. The maximum atomic E-state index is 12.2. The van der Waals surface area contributed by atoms with E-state index in [0.717, 1.165) is 24.3 Å². The van der Waals surface area contributed by atoms with E-state index in [0.29, 0.717) is 18.2 Å². The summed E-state index contributed by atoms with van der Waals surface area (Å²) in [6.07, 6.45) is 4.57. The van der Waals surface area contributed by atoms with E-state index in [1.54, 1.807) is 0 Å². The van der Waals surface area contributed by atoms with Gasteiger partial charge in [0.25, 0.3) is 5.91 Å². The lowest BCUT2D eigenvalue weighted by Gasteiger charge is -2.26. The summed E-state index contributed by atoms with van der Waals surface area (Å²) in [5, 5.41) is 3.13. The van der Waals surface area contributed by atoms with Gasteiger partial charge in [0.1, 0.15) is 0 Å². The third-order valence-electron chi connectivity index (χ3n) is 3.81. The van der Waals surface area contributed by atoms with Crippen molar-refractivity contribution in [3.8, 4) is 11.8 Å². The summed E-state index contributed by atoms with van der Waals surface area (Å²) in [7, 11) is 0. The number of carbonyl (C=O) groups excluding carboxylic acids is 1. The van der Waals surface area contributed by atoms with Gasteiger partial charge < -0.3 is 11.1 Å². The van der Waals surface area contributed by atoms with Crippen LogP contribution in [0.2, 0.25) is 0 Å². The molecule has 0 unspecified atom stereocenters. The molecule has 1 fully saturated rings. The first-order valence-corrected chi connectivity index (χ1v) is 7.29. The largest absolute Gasteiger partial charge is 0.349 e. The summed E-state index contributed by atoms with van der Waals surface area (Å²) in [6.45, 7) is 2.61. The topological polar surface area (TPSA) is 55.1 Å². The van der Waals surface area contributed by atoms with Crippen molar-refractivity contribution in [2.45, 2.75) is 38.6 Å². The van der Waals surface area contributed by atoms with Gasteiger partial charge in [-0.25, -0.2) is 0 Å². The maximum Gasteiger partial charge on any atom is 0.251 e. The minimum Gasteiger partial charge on any atom is -0.349 e. The van der Waals surface area contributed by atoms with Crippen LogP contribution in [0.3, 0.4) is 0 Å². The number of nitrogens with one attached hydrogen (secondary N) is 1. The Bertz CT molecular complexity index is 519. The first-order chi connectivity index (χ1) is 9.69. The monoisotopic (exact) mass is 270 g/mol. The quantitative estimate of drug-likeness (QED) is 0.810. The summed E-state index contributed by atoms with van der Waals surface area (Å²) >= 11 is 0. The zero-order valence-electron chi connectivity index (χ0n) is 12.0. The van der Waals surface area contributed by atoms with Gasteiger partial charge in [0.2, 0.25) is 0 Å². The van der Waals surface area contributed by atoms with Crippen LogP contribution in [-0.2, 0) is 0 Å². The van der Waals surface area contributed by atoms with Crippen LogP contribution in [0, 0.1) is 17.8 Å². The molecule has 1 amide bonds. The van der Waals surface area contributed by atoms with Crippen LogP contribution < -0.4 is 11.1 Å². The molecular formula is C17H22N2O. The number of nitrogens with two attached hydrogens (primary N) is 1. The highest BCUT2D eigenvalue weighted by Crippen LogP contribution is 2.23. The zero-order chi connectivity index (χ0) is 14.4. The van der Waals surface area contributed by atoms with E-state index in [-0.39, 0.29) is 5.91 Å². The standard InChI is InChI=1S/C17H22N2O/c1-13-7-9-16(10-8-13)19-17(20)15-6-2-4-14(12-15)5-3-11-18/h2,4,6,12-13,16H,7-11,18H2,1H3,(H,19,20). The molecule has 3 N–H and O–H groups in total. The first kappa shape index (κ1) is 14.6. The summed E-state index contributed by atoms with van der Waals surface area (Å²) in [5.41, 5.74) is 6.86.